The Balaban J connectivity index is -0.0000000564. The molecule has 0 aliphatic rings. The third-order valence-corrected chi connectivity index (χ3v) is 1.20. The predicted octanol–water partition coefficient (Wildman–Crippen LogP) is -7.35. The molecule has 1 N–H and O–H groups in total. The summed E-state index contributed by atoms with van der Waals surface area (Å²) in [5.74, 6) is 0. The van der Waals surface area contributed by atoms with Crippen LogP contribution in [-0.4, -0.2) is 12.2 Å². The van der Waals surface area contributed by atoms with E-state index in [2.05, 4.69) is 4.31 Å². The van der Waals surface area contributed by atoms with Crippen LogP contribution in [0.1, 0.15) is 0 Å². The van der Waals surface area contributed by atoms with E-state index < -0.39 is 16.5 Å². The summed E-state index contributed by atoms with van der Waals surface area (Å²) in [6.45, 7) is 0. The van der Waals surface area contributed by atoms with Gasteiger partial charge in [0.1, 0.15) is 4.31 Å². The van der Waals surface area contributed by atoms with Crippen LogP contribution in [0.5, 0.6) is 0 Å². The second-order valence-electron chi connectivity index (χ2n) is 0.529. The van der Waals surface area contributed by atoms with Crippen molar-refractivity contribution >= 4 is 16.5 Å². The van der Waals surface area contributed by atoms with Gasteiger partial charge in [-0.2, -0.15) is 0 Å². The quantitative estimate of drug-likeness (QED) is 0.365. The van der Waals surface area contributed by atoms with Crippen molar-refractivity contribution in [2.45, 2.75) is 0 Å². The van der Waals surface area contributed by atoms with Gasteiger partial charge in [-0.15, -0.1) is 0 Å². The molecule has 11 heavy (non-hydrogen) atoms. The zero-order valence-corrected chi connectivity index (χ0v) is 12.2. The molecule has 0 heterocycles. The van der Waals surface area contributed by atoms with Crippen LogP contribution in [0.4, 0.5) is 0 Å². The molecular weight excluding hydrogens is 216 g/mol. The average molecular weight is 220 g/mol. The van der Waals surface area contributed by atoms with Crippen molar-refractivity contribution in [2.75, 3.05) is 7.11 Å². The summed E-state index contributed by atoms with van der Waals surface area (Å²) >= 11 is 0. The van der Waals surface area contributed by atoms with E-state index in [1.165, 1.54) is 0 Å². The molecular formula is CH4Na2O6P2+2. The second-order valence-corrected chi connectivity index (χ2v) is 2.08. The SMILES string of the molecule is CO.O=[P+]([O-])O[P+](=O)[O-].[Na+].[Na+]. The van der Waals surface area contributed by atoms with Gasteiger partial charge < -0.3 is 14.9 Å². The first-order valence-electron chi connectivity index (χ1n) is 1.54. The van der Waals surface area contributed by atoms with Gasteiger partial charge in [-0.25, -0.2) is 0 Å². The number of hydrogen-bond donors (Lipinski definition) is 1. The molecule has 54 valence electrons. The molecule has 0 rings (SSSR count). The molecule has 2 unspecified atom stereocenters. The normalized spacial score (nSPS) is 9.09. The zero-order valence-electron chi connectivity index (χ0n) is 6.38. The molecule has 0 aromatic carbocycles. The molecule has 0 aromatic rings. The number of aliphatic hydroxyl groups excluding tert-OH is 1. The number of rotatable bonds is 2. The van der Waals surface area contributed by atoms with E-state index in [1.54, 1.807) is 0 Å². The molecule has 10 heteroatoms. The molecule has 0 aromatic heterocycles. The summed E-state index contributed by atoms with van der Waals surface area (Å²) in [5.41, 5.74) is 0. The Morgan fingerprint density at radius 2 is 1.27 bits per heavy atom. The van der Waals surface area contributed by atoms with Crippen LogP contribution < -0.4 is 68.9 Å². The average Bonchev–Trinajstić information content (AvgIpc) is 1.68. The van der Waals surface area contributed by atoms with E-state index in [9.17, 15) is 18.9 Å². The van der Waals surface area contributed by atoms with Crippen molar-refractivity contribution in [1.82, 2.24) is 0 Å². The Morgan fingerprint density at radius 3 is 1.27 bits per heavy atom. The minimum atomic E-state index is -3.24. The Morgan fingerprint density at radius 1 is 1.09 bits per heavy atom. The fourth-order valence-corrected chi connectivity index (χ4v) is 0.490. The third kappa shape index (κ3) is 33.3. The van der Waals surface area contributed by atoms with Crippen LogP contribution >= 0.6 is 16.5 Å². The van der Waals surface area contributed by atoms with Gasteiger partial charge in [0.25, 0.3) is 0 Å². The molecule has 0 spiro atoms. The molecule has 0 bridgehead atoms. The molecule has 2 atom stereocenters. The molecule has 6 nitrogen and oxygen atoms in total. The van der Waals surface area contributed by atoms with Crippen molar-refractivity contribution in [1.29, 1.82) is 0 Å². The van der Waals surface area contributed by atoms with Crippen molar-refractivity contribution < 1.29 is 87.4 Å². The van der Waals surface area contributed by atoms with Gasteiger partial charge >= 0.3 is 75.6 Å². The Labute approximate surface area is 110 Å². The van der Waals surface area contributed by atoms with E-state index in [0.717, 1.165) is 7.11 Å². The van der Waals surface area contributed by atoms with Crippen molar-refractivity contribution in [3.8, 4) is 0 Å². The summed E-state index contributed by atoms with van der Waals surface area (Å²) in [5, 5.41) is 7.00. The smallest absolute Gasteiger partial charge is 0.563 e. The van der Waals surface area contributed by atoms with Gasteiger partial charge in [-0.1, -0.05) is 0 Å². The monoisotopic (exact) mass is 220 g/mol. The fraction of sp³-hybridized carbons (Fsp3) is 1.00. The first kappa shape index (κ1) is 23.1. The van der Waals surface area contributed by atoms with E-state index in [1.807, 2.05) is 0 Å². The molecule has 0 radical (unpaired) electrons. The minimum Gasteiger partial charge on any atom is -0.563 e. The summed E-state index contributed by atoms with van der Waals surface area (Å²) in [6, 6.07) is 0. The van der Waals surface area contributed by atoms with Crippen molar-refractivity contribution in [3.05, 3.63) is 0 Å². The zero-order chi connectivity index (χ0) is 7.86. The van der Waals surface area contributed by atoms with Crippen molar-refractivity contribution in [2.24, 2.45) is 0 Å². The molecule has 0 saturated heterocycles. The molecule has 0 aliphatic heterocycles. The van der Waals surface area contributed by atoms with E-state index in [0.29, 0.717) is 0 Å². The summed E-state index contributed by atoms with van der Waals surface area (Å²) < 4.78 is 21.6. The Kier molecular flexibility index (Phi) is 37.8. The maximum Gasteiger partial charge on any atom is 1.00 e. The van der Waals surface area contributed by atoms with Gasteiger partial charge in [0.15, 0.2) is 0 Å². The molecule has 0 saturated carbocycles. The predicted molar refractivity (Wildman–Crippen MR) is 24.4 cm³/mol. The van der Waals surface area contributed by atoms with Gasteiger partial charge in [-0.05, 0) is 9.13 Å². The van der Waals surface area contributed by atoms with Crippen LogP contribution in [-0.2, 0) is 13.4 Å². The second kappa shape index (κ2) is 18.0. The maximum absolute atomic E-state index is 9.24. The van der Waals surface area contributed by atoms with E-state index in [4.69, 9.17) is 5.11 Å². The van der Waals surface area contributed by atoms with Crippen LogP contribution in [0.25, 0.3) is 0 Å². The third-order valence-electron chi connectivity index (χ3n) is 0.133. The van der Waals surface area contributed by atoms with Gasteiger partial charge in [0.2, 0.25) is 0 Å². The Hall–Kier alpha value is 2.04. The first-order chi connectivity index (χ1) is 4.13. The van der Waals surface area contributed by atoms with Crippen LogP contribution in [0, 0.1) is 0 Å². The van der Waals surface area contributed by atoms with E-state index >= 15 is 0 Å². The standard InChI is InChI=1S/CH4O.2Na.O5P2/c1-2;;;1-6(2)5-7(3)4/h2H,1H3;;;/q;2*+1;. The summed E-state index contributed by atoms with van der Waals surface area (Å²) in [7, 11) is -5.47. The molecule has 0 fully saturated rings. The maximum atomic E-state index is 9.24. The van der Waals surface area contributed by atoms with Crippen LogP contribution in [0.15, 0.2) is 0 Å². The first-order valence-corrected chi connectivity index (χ1v) is 3.73. The Bertz CT molecular complexity index is 94.8. The van der Waals surface area contributed by atoms with Crippen LogP contribution in [0.3, 0.4) is 0 Å². The topological polar surface area (TPSA) is 110 Å². The van der Waals surface area contributed by atoms with Crippen LogP contribution in [0.2, 0.25) is 0 Å². The fourth-order valence-electron chi connectivity index (χ4n) is 0.0544. The number of hydrogen-bond acceptors (Lipinski definition) is 6. The molecule has 0 aliphatic carbocycles. The van der Waals surface area contributed by atoms with Gasteiger partial charge in [-0.3, -0.25) is 0 Å². The minimum absolute atomic E-state index is 0. The van der Waals surface area contributed by atoms with Gasteiger partial charge in [0.05, 0.1) is 0 Å². The van der Waals surface area contributed by atoms with Crippen molar-refractivity contribution in [3.63, 3.8) is 0 Å². The van der Waals surface area contributed by atoms with Gasteiger partial charge in [0, 0.05) is 7.11 Å². The number of aliphatic hydroxyl groups is 1. The summed E-state index contributed by atoms with van der Waals surface area (Å²) in [4.78, 5) is 18.5. The molecule has 0 amide bonds. The summed E-state index contributed by atoms with van der Waals surface area (Å²) in [6.07, 6.45) is 0. The van der Waals surface area contributed by atoms with E-state index in [-0.39, 0.29) is 59.1 Å². The largest absolute Gasteiger partial charge is 1.00 e.